The first kappa shape index (κ1) is 11.9. The van der Waals surface area contributed by atoms with Crippen LogP contribution in [0.5, 0.6) is 0 Å². The molecule has 2 heterocycles. The third kappa shape index (κ3) is 1.88. The predicted molar refractivity (Wildman–Crippen MR) is 68.2 cm³/mol. The second kappa shape index (κ2) is 4.02. The molecule has 2 aromatic rings. The highest BCUT2D eigenvalue weighted by Gasteiger charge is 2.15. The molecule has 0 fully saturated rings. The van der Waals surface area contributed by atoms with Crippen molar-refractivity contribution in [1.82, 2.24) is 19.6 Å². The topological polar surface area (TPSA) is 35.6 Å². The summed E-state index contributed by atoms with van der Waals surface area (Å²) in [5.41, 5.74) is 7.37. The van der Waals surface area contributed by atoms with Gasteiger partial charge in [-0.15, -0.1) is 0 Å². The van der Waals surface area contributed by atoms with E-state index in [9.17, 15) is 0 Å². The van der Waals surface area contributed by atoms with Gasteiger partial charge in [0, 0.05) is 43.0 Å². The average molecular weight is 232 g/mol. The molecule has 0 amide bonds. The van der Waals surface area contributed by atoms with Crippen molar-refractivity contribution in [3.63, 3.8) is 0 Å². The Labute approximate surface area is 102 Å². The number of hydrogen-bond donors (Lipinski definition) is 0. The summed E-state index contributed by atoms with van der Waals surface area (Å²) in [5.74, 6) is 0. The quantitative estimate of drug-likeness (QED) is 0.793. The van der Waals surface area contributed by atoms with Gasteiger partial charge in [-0.2, -0.15) is 10.2 Å². The molecule has 0 radical (unpaired) electrons. The summed E-state index contributed by atoms with van der Waals surface area (Å²) in [6.07, 6.45) is 0.928. The van der Waals surface area contributed by atoms with E-state index in [0.29, 0.717) is 0 Å². The molecular formula is C13H20N4. The zero-order valence-corrected chi connectivity index (χ0v) is 11.5. The third-order valence-corrected chi connectivity index (χ3v) is 3.67. The van der Waals surface area contributed by atoms with Crippen LogP contribution >= 0.6 is 0 Å². The van der Waals surface area contributed by atoms with Gasteiger partial charge in [-0.05, 0) is 27.7 Å². The number of hydrogen-bond acceptors (Lipinski definition) is 2. The molecule has 92 valence electrons. The van der Waals surface area contributed by atoms with E-state index in [-0.39, 0.29) is 0 Å². The maximum absolute atomic E-state index is 4.46. The Morgan fingerprint density at radius 3 is 1.35 bits per heavy atom. The molecule has 2 rings (SSSR count). The fourth-order valence-electron chi connectivity index (χ4n) is 2.32. The van der Waals surface area contributed by atoms with E-state index in [4.69, 9.17) is 0 Å². The van der Waals surface area contributed by atoms with Crippen LogP contribution in [-0.2, 0) is 20.5 Å². The first-order chi connectivity index (χ1) is 7.91. The zero-order chi connectivity index (χ0) is 12.7. The maximum atomic E-state index is 4.46. The molecule has 0 aliphatic heterocycles. The molecule has 0 spiro atoms. The summed E-state index contributed by atoms with van der Waals surface area (Å²) in [6, 6.07) is 0. The second-order valence-electron chi connectivity index (χ2n) is 4.72. The van der Waals surface area contributed by atoms with E-state index in [2.05, 4.69) is 37.9 Å². The van der Waals surface area contributed by atoms with Crippen molar-refractivity contribution in [3.8, 4) is 0 Å². The first-order valence-corrected chi connectivity index (χ1v) is 5.90. The highest BCUT2D eigenvalue weighted by Crippen LogP contribution is 2.21. The molecule has 2 aromatic heterocycles. The minimum absolute atomic E-state index is 0.928. The van der Waals surface area contributed by atoms with Gasteiger partial charge < -0.3 is 0 Å². The number of aromatic nitrogens is 4. The summed E-state index contributed by atoms with van der Waals surface area (Å²) in [7, 11) is 3.99. The van der Waals surface area contributed by atoms with Crippen LogP contribution in [0.15, 0.2) is 0 Å². The van der Waals surface area contributed by atoms with Crippen LogP contribution in [0.3, 0.4) is 0 Å². The van der Waals surface area contributed by atoms with Crippen molar-refractivity contribution in [2.24, 2.45) is 14.1 Å². The van der Waals surface area contributed by atoms with Crippen LogP contribution in [0.1, 0.15) is 33.9 Å². The zero-order valence-electron chi connectivity index (χ0n) is 11.5. The van der Waals surface area contributed by atoms with Crippen molar-refractivity contribution < 1.29 is 0 Å². The fraction of sp³-hybridized carbons (Fsp3) is 0.538. The van der Waals surface area contributed by atoms with Gasteiger partial charge >= 0.3 is 0 Å². The van der Waals surface area contributed by atoms with Crippen LogP contribution in [-0.4, -0.2) is 19.6 Å². The van der Waals surface area contributed by atoms with Crippen LogP contribution in [0.2, 0.25) is 0 Å². The second-order valence-corrected chi connectivity index (χ2v) is 4.72. The van der Waals surface area contributed by atoms with Gasteiger partial charge in [0.2, 0.25) is 0 Å². The summed E-state index contributed by atoms with van der Waals surface area (Å²) in [4.78, 5) is 0. The molecule has 4 heteroatoms. The standard InChI is InChI=1S/C13H20N4/c1-8-12(10(3)16(5)14-8)7-13-9(2)15-17(6)11(13)4/h7H2,1-6H3. The molecule has 0 atom stereocenters. The van der Waals surface area contributed by atoms with Crippen LogP contribution < -0.4 is 0 Å². The predicted octanol–water partition coefficient (Wildman–Crippen LogP) is 1.98. The minimum atomic E-state index is 0.928. The smallest absolute Gasteiger partial charge is 0.0631 e. The highest BCUT2D eigenvalue weighted by atomic mass is 15.3. The molecule has 17 heavy (non-hydrogen) atoms. The van der Waals surface area contributed by atoms with Crippen LogP contribution in [0.25, 0.3) is 0 Å². The van der Waals surface area contributed by atoms with E-state index in [1.54, 1.807) is 0 Å². The van der Waals surface area contributed by atoms with Crippen molar-refractivity contribution in [2.75, 3.05) is 0 Å². The lowest BCUT2D eigenvalue weighted by Crippen LogP contribution is -1.98. The summed E-state index contributed by atoms with van der Waals surface area (Å²) in [6.45, 7) is 8.39. The van der Waals surface area contributed by atoms with Gasteiger partial charge in [-0.1, -0.05) is 0 Å². The molecular weight excluding hydrogens is 212 g/mol. The number of nitrogens with zero attached hydrogens (tertiary/aromatic N) is 4. The van der Waals surface area contributed by atoms with Gasteiger partial charge in [-0.3, -0.25) is 9.36 Å². The molecule has 0 bridgehead atoms. The van der Waals surface area contributed by atoms with E-state index >= 15 is 0 Å². The van der Waals surface area contributed by atoms with Crippen molar-refractivity contribution >= 4 is 0 Å². The molecule has 0 aliphatic rings. The van der Waals surface area contributed by atoms with E-state index < -0.39 is 0 Å². The highest BCUT2D eigenvalue weighted by molar-refractivity contribution is 5.35. The molecule has 4 nitrogen and oxygen atoms in total. The van der Waals surface area contributed by atoms with Gasteiger partial charge in [0.1, 0.15) is 0 Å². The third-order valence-electron chi connectivity index (χ3n) is 3.67. The fourth-order valence-corrected chi connectivity index (χ4v) is 2.32. The maximum Gasteiger partial charge on any atom is 0.0631 e. The van der Waals surface area contributed by atoms with Gasteiger partial charge in [0.15, 0.2) is 0 Å². The number of rotatable bonds is 2. The Kier molecular flexibility index (Phi) is 2.81. The molecule has 0 saturated carbocycles. The normalized spacial score (nSPS) is 11.2. The summed E-state index contributed by atoms with van der Waals surface area (Å²) >= 11 is 0. The lowest BCUT2D eigenvalue weighted by atomic mass is 10.0. The summed E-state index contributed by atoms with van der Waals surface area (Å²) in [5, 5.41) is 8.92. The summed E-state index contributed by atoms with van der Waals surface area (Å²) < 4.78 is 3.90. The molecule has 0 aliphatic carbocycles. The Balaban J connectivity index is 2.44. The van der Waals surface area contributed by atoms with Crippen molar-refractivity contribution in [3.05, 3.63) is 33.9 Å². The first-order valence-electron chi connectivity index (χ1n) is 5.90. The minimum Gasteiger partial charge on any atom is -0.272 e. The van der Waals surface area contributed by atoms with E-state index in [1.165, 1.54) is 22.5 Å². The Bertz CT molecular complexity index is 510. The van der Waals surface area contributed by atoms with E-state index in [0.717, 1.165) is 17.8 Å². The monoisotopic (exact) mass is 232 g/mol. The average Bonchev–Trinajstić information content (AvgIpc) is 2.62. The van der Waals surface area contributed by atoms with Crippen LogP contribution in [0, 0.1) is 27.7 Å². The molecule has 0 unspecified atom stereocenters. The number of aryl methyl sites for hydroxylation is 4. The lowest BCUT2D eigenvalue weighted by molar-refractivity contribution is 0.729. The van der Waals surface area contributed by atoms with Crippen LogP contribution in [0.4, 0.5) is 0 Å². The van der Waals surface area contributed by atoms with Gasteiger partial charge in [0.05, 0.1) is 11.4 Å². The van der Waals surface area contributed by atoms with Gasteiger partial charge in [-0.25, -0.2) is 0 Å². The molecule has 0 saturated heterocycles. The van der Waals surface area contributed by atoms with Crippen molar-refractivity contribution in [1.29, 1.82) is 0 Å². The lowest BCUT2D eigenvalue weighted by Gasteiger charge is -2.03. The van der Waals surface area contributed by atoms with E-state index in [1.807, 2.05) is 23.5 Å². The Morgan fingerprint density at radius 1 is 0.765 bits per heavy atom. The SMILES string of the molecule is Cc1nn(C)c(C)c1Cc1c(C)nn(C)c1C. The molecule has 0 N–H and O–H groups in total. The Hall–Kier alpha value is -1.58. The van der Waals surface area contributed by atoms with Crippen molar-refractivity contribution in [2.45, 2.75) is 34.1 Å². The molecule has 0 aromatic carbocycles. The Morgan fingerprint density at radius 2 is 1.12 bits per heavy atom. The van der Waals surface area contributed by atoms with Gasteiger partial charge in [0.25, 0.3) is 0 Å². The largest absolute Gasteiger partial charge is 0.272 e.